The molecule has 0 aliphatic carbocycles. The number of anilines is 1. The number of pyridine rings is 1. The minimum atomic E-state index is 0. The summed E-state index contributed by atoms with van der Waals surface area (Å²) in [6.45, 7) is 7.30. The fourth-order valence-electron chi connectivity index (χ4n) is 2.72. The first-order valence-electron chi connectivity index (χ1n) is 9.81. The van der Waals surface area contributed by atoms with Gasteiger partial charge in [-0.05, 0) is 31.5 Å². The number of hydrogen-bond donors (Lipinski definition) is 2. The van der Waals surface area contributed by atoms with Gasteiger partial charge in [-0.25, -0.2) is 9.98 Å². The van der Waals surface area contributed by atoms with Gasteiger partial charge in [0.05, 0.1) is 26.4 Å². The summed E-state index contributed by atoms with van der Waals surface area (Å²) in [5.74, 6) is 2.85. The number of fused-ring (bicyclic) bond motifs is 1. The Morgan fingerprint density at radius 1 is 1.17 bits per heavy atom. The first kappa shape index (κ1) is 23.1. The predicted octanol–water partition coefficient (Wildman–Crippen LogP) is 4.23. The highest BCUT2D eigenvalue weighted by Gasteiger charge is 2.11. The van der Waals surface area contributed by atoms with E-state index in [0.29, 0.717) is 38.2 Å². The largest absolute Gasteiger partial charge is 0.490 e. The van der Waals surface area contributed by atoms with Crippen molar-refractivity contribution in [1.29, 1.82) is 0 Å². The molecule has 1 aliphatic rings. The van der Waals surface area contributed by atoms with Gasteiger partial charge in [-0.15, -0.1) is 24.0 Å². The second-order valence-electron chi connectivity index (χ2n) is 6.35. The zero-order chi connectivity index (χ0) is 19.6. The van der Waals surface area contributed by atoms with Crippen molar-refractivity contribution in [3.63, 3.8) is 0 Å². The molecule has 0 unspecified atom stereocenters. The van der Waals surface area contributed by atoms with Crippen LogP contribution in [0.5, 0.6) is 17.4 Å². The van der Waals surface area contributed by atoms with Crippen LogP contribution in [0, 0.1) is 0 Å². The fourth-order valence-corrected chi connectivity index (χ4v) is 2.72. The maximum Gasteiger partial charge on any atom is 0.218 e. The van der Waals surface area contributed by atoms with Gasteiger partial charge in [0.25, 0.3) is 0 Å². The third-order valence-electron chi connectivity index (χ3n) is 4.05. The summed E-state index contributed by atoms with van der Waals surface area (Å²) in [5.41, 5.74) is 1.84. The molecule has 0 saturated heterocycles. The smallest absolute Gasteiger partial charge is 0.218 e. The number of aromatic nitrogens is 1. The molecule has 1 aliphatic heterocycles. The summed E-state index contributed by atoms with van der Waals surface area (Å²) in [4.78, 5) is 9.00. The molecule has 0 radical (unpaired) electrons. The molecule has 2 N–H and O–H groups in total. The Morgan fingerprint density at radius 3 is 2.79 bits per heavy atom. The molecule has 0 atom stereocenters. The summed E-state index contributed by atoms with van der Waals surface area (Å²) in [6.07, 6.45) is 3.56. The van der Waals surface area contributed by atoms with Gasteiger partial charge in [-0.3, -0.25) is 0 Å². The van der Waals surface area contributed by atoms with Crippen LogP contribution in [0.3, 0.4) is 0 Å². The van der Waals surface area contributed by atoms with Crippen molar-refractivity contribution >= 4 is 35.6 Å². The molecule has 0 amide bonds. The summed E-state index contributed by atoms with van der Waals surface area (Å²) in [5, 5.41) is 6.59. The van der Waals surface area contributed by atoms with E-state index in [-0.39, 0.29) is 24.0 Å². The number of nitrogens with one attached hydrogen (secondary N) is 2. The fraction of sp³-hybridized carbons (Fsp3) is 0.429. The van der Waals surface area contributed by atoms with Crippen molar-refractivity contribution in [2.45, 2.75) is 33.2 Å². The topological polar surface area (TPSA) is 77.0 Å². The Hall–Kier alpha value is -2.23. The van der Waals surface area contributed by atoms with Crippen molar-refractivity contribution in [3.05, 3.63) is 42.1 Å². The monoisotopic (exact) mass is 512 g/mol. The van der Waals surface area contributed by atoms with Crippen LogP contribution in [-0.4, -0.2) is 37.3 Å². The van der Waals surface area contributed by atoms with Crippen molar-refractivity contribution in [2.24, 2.45) is 4.99 Å². The summed E-state index contributed by atoms with van der Waals surface area (Å²) in [6, 6.07) is 9.70. The molecule has 158 valence electrons. The second-order valence-corrected chi connectivity index (χ2v) is 6.35. The van der Waals surface area contributed by atoms with Gasteiger partial charge < -0.3 is 24.8 Å². The minimum absolute atomic E-state index is 0. The molecule has 3 rings (SSSR count). The maximum atomic E-state index is 5.76. The molecule has 7 nitrogen and oxygen atoms in total. The van der Waals surface area contributed by atoms with Gasteiger partial charge in [0, 0.05) is 36.5 Å². The molecule has 0 saturated carbocycles. The van der Waals surface area contributed by atoms with Gasteiger partial charge in [0.2, 0.25) is 5.88 Å². The third-order valence-corrected chi connectivity index (χ3v) is 4.05. The predicted molar refractivity (Wildman–Crippen MR) is 126 cm³/mol. The van der Waals surface area contributed by atoms with E-state index in [9.17, 15) is 0 Å². The normalized spacial score (nSPS) is 13.1. The second kappa shape index (κ2) is 12.4. The van der Waals surface area contributed by atoms with Crippen LogP contribution in [0.15, 0.2) is 41.5 Å². The number of aliphatic imine (C=N–C) groups is 1. The lowest BCUT2D eigenvalue weighted by Gasteiger charge is -2.14. The third kappa shape index (κ3) is 6.95. The molecule has 0 bridgehead atoms. The SMILES string of the molecule is CCCOc1ncccc1CN=C(NCC)Nc1ccc2c(c1)OCCCO2.I. The minimum Gasteiger partial charge on any atom is -0.490 e. The Kier molecular flexibility index (Phi) is 9.82. The summed E-state index contributed by atoms with van der Waals surface area (Å²) in [7, 11) is 0. The molecule has 0 fully saturated rings. The quantitative estimate of drug-likeness (QED) is 0.329. The summed E-state index contributed by atoms with van der Waals surface area (Å²) < 4.78 is 17.2. The molecule has 1 aromatic heterocycles. The van der Waals surface area contributed by atoms with E-state index in [4.69, 9.17) is 14.2 Å². The van der Waals surface area contributed by atoms with E-state index >= 15 is 0 Å². The van der Waals surface area contributed by atoms with Crippen molar-refractivity contribution in [3.8, 4) is 17.4 Å². The number of guanidine groups is 1. The molecule has 29 heavy (non-hydrogen) atoms. The standard InChI is InChI=1S/C21H28N4O3.HI/c1-3-11-28-20-16(7-5-10-23-20)15-24-21(22-4-2)25-17-8-9-18-19(14-17)27-13-6-12-26-18;/h5,7-10,14H,3-4,6,11-13,15H2,1-2H3,(H2,22,24,25);1H. The van der Waals surface area contributed by atoms with E-state index in [1.807, 2.05) is 37.3 Å². The number of benzene rings is 1. The van der Waals surface area contributed by atoms with Gasteiger partial charge in [0.1, 0.15) is 0 Å². The van der Waals surface area contributed by atoms with Crippen LogP contribution in [0.1, 0.15) is 32.3 Å². The Balaban J connectivity index is 0.00000300. The van der Waals surface area contributed by atoms with E-state index in [0.717, 1.165) is 42.1 Å². The molecular formula is C21H29IN4O3. The van der Waals surface area contributed by atoms with Gasteiger partial charge in [-0.1, -0.05) is 13.0 Å². The highest BCUT2D eigenvalue weighted by Crippen LogP contribution is 2.32. The van der Waals surface area contributed by atoms with E-state index in [1.54, 1.807) is 6.20 Å². The van der Waals surface area contributed by atoms with Crippen LogP contribution >= 0.6 is 24.0 Å². The van der Waals surface area contributed by atoms with Gasteiger partial charge in [-0.2, -0.15) is 0 Å². The first-order valence-corrected chi connectivity index (χ1v) is 9.81. The van der Waals surface area contributed by atoms with Crippen LogP contribution in [0.2, 0.25) is 0 Å². The van der Waals surface area contributed by atoms with Gasteiger partial charge in [0.15, 0.2) is 17.5 Å². The molecule has 2 aromatic rings. The van der Waals surface area contributed by atoms with E-state index in [1.165, 1.54) is 0 Å². The van der Waals surface area contributed by atoms with E-state index < -0.39 is 0 Å². The first-order chi connectivity index (χ1) is 13.8. The van der Waals surface area contributed by atoms with Crippen molar-refractivity contribution in [1.82, 2.24) is 10.3 Å². The molecule has 1 aromatic carbocycles. The maximum absolute atomic E-state index is 5.76. The lowest BCUT2D eigenvalue weighted by molar-refractivity contribution is 0.297. The Morgan fingerprint density at radius 2 is 2.00 bits per heavy atom. The average molecular weight is 512 g/mol. The average Bonchev–Trinajstić information content (AvgIpc) is 2.96. The van der Waals surface area contributed by atoms with Crippen LogP contribution in [0.25, 0.3) is 0 Å². The lowest BCUT2D eigenvalue weighted by atomic mass is 10.2. The Labute approximate surface area is 189 Å². The molecule has 2 heterocycles. The van der Waals surface area contributed by atoms with Crippen LogP contribution in [0.4, 0.5) is 5.69 Å². The highest BCUT2D eigenvalue weighted by molar-refractivity contribution is 14.0. The molecule has 0 spiro atoms. The lowest BCUT2D eigenvalue weighted by Crippen LogP contribution is -2.30. The van der Waals surface area contributed by atoms with Crippen LogP contribution in [-0.2, 0) is 6.54 Å². The number of ether oxygens (including phenoxy) is 3. The van der Waals surface area contributed by atoms with Gasteiger partial charge >= 0.3 is 0 Å². The van der Waals surface area contributed by atoms with Crippen molar-refractivity contribution < 1.29 is 14.2 Å². The zero-order valence-electron chi connectivity index (χ0n) is 16.9. The van der Waals surface area contributed by atoms with Crippen LogP contribution < -0.4 is 24.8 Å². The summed E-state index contributed by atoms with van der Waals surface area (Å²) >= 11 is 0. The number of nitrogens with zero attached hydrogens (tertiary/aromatic N) is 2. The zero-order valence-corrected chi connectivity index (χ0v) is 19.3. The molecular weight excluding hydrogens is 483 g/mol. The highest BCUT2D eigenvalue weighted by atomic mass is 127. The molecule has 8 heteroatoms. The van der Waals surface area contributed by atoms with E-state index in [2.05, 4.69) is 27.5 Å². The number of rotatable bonds is 7. The Bertz CT molecular complexity index is 801. The number of halogens is 1. The van der Waals surface area contributed by atoms with Crippen molar-refractivity contribution in [2.75, 3.05) is 31.7 Å². The number of hydrogen-bond acceptors (Lipinski definition) is 5.